The lowest BCUT2D eigenvalue weighted by molar-refractivity contribution is -0.126. The summed E-state index contributed by atoms with van der Waals surface area (Å²) in [4.78, 5) is 18.4. The van der Waals surface area contributed by atoms with E-state index in [4.69, 9.17) is 4.74 Å². The monoisotopic (exact) mass is 473 g/mol. The molecule has 1 N–H and O–H groups in total. The molecule has 3 aromatic carbocycles. The fraction of sp³-hybridized carbons (Fsp3) is 0.345. The van der Waals surface area contributed by atoms with Crippen LogP contribution in [0.1, 0.15) is 29.7 Å². The van der Waals surface area contributed by atoms with Gasteiger partial charge in [-0.3, -0.25) is 9.69 Å². The summed E-state index contributed by atoms with van der Waals surface area (Å²) in [5.74, 6) is 0.525. The lowest BCUT2D eigenvalue weighted by Crippen LogP contribution is -2.61. The van der Waals surface area contributed by atoms with Gasteiger partial charge in [0, 0.05) is 37.9 Å². The predicted molar refractivity (Wildman–Crippen MR) is 136 cm³/mol. The molecule has 0 spiro atoms. The highest BCUT2D eigenvalue weighted by Gasteiger charge is 2.42. The van der Waals surface area contributed by atoms with Crippen LogP contribution in [0, 0.1) is 11.7 Å². The minimum Gasteiger partial charge on any atom is -0.497 e. The first-order chi connectivity index (χ1) is 17.0. The highest BCUT2D eigenvalue weighted by Crippen LogP contribution is 2.38. The standard InChI is InChI=1S/C29H32FN3O2/c1-20(22-6-4-3-5-7-22)31-29(34)26-16-23-10-13-25(35-2)17-27(23)33-15-14-32(19-28(26)33)18-21-8-11-24(30)12-9-21/h3-13,17,20,26,28H,14-16,18-19H2,1-2H3,(H,31,34)/t20-,26-,28+/m0/s1. The predicted octanol–water partition coefficient (Wildman–Crippen LogP) is 4.57. The second-order valence-corrected chi connectivity index (χ2v) is 9.57. The zero-order valence-corrected chi connectivity index (χ0v) is 20.3. The summed E-state index contributed by atoms with van der Waals surface area (Å²) in [5, 5.41) is 3.27. The van der Waals surface area contributed by atoms with Gasteiger partial charge < -0.3 is 15.0 Å². The van der Waals surface area contributed by atoms with E-state index in [1.54, 1.807) is 7.11 Å². The van der Waals surface area contributed by atoms with Gasteiger partial charge in [0.1, 0.15) is 11.6 Å². The second kappa shape index (κ2) is 10.1. The normalized spacial score (nSPS) is 20.5. The molecule has 0 saturated carbocycles. The molecule has 5 rings (SSSR count). The number of ether oxygens (including phenoxy) is 1. The molecular formula is C29H32FN3O2. The van der Waals surface area contributed by atoms with Gasteiger partial charge in [-0.1, -0.05) is 48.5 Å². The Bertz CT molecular complexity index is 1170. The van der Waals surface area contributed by atoms with E-state index in [0.717, 1.165) is 48.7 Å². The summed E-state index contributed by atoms with van der Waals surface area (Å²) in [7, 11) is 1.68. The maximum absolute atomic E-state index is 13.6. The van der Waals surface area contributed by atoms with Crippen LogP contribution in [0.15, 0.2) is 72.8 Å². The molecule has 0 unspecified atom stereocenters. The van der Waals surface area contributed by atoms with E-state index in [9.17, 15) is 9.18 Å². The lowest BCUT2D eigenvalue weighted by atomic mass is 9.83. The van der Waals surface area contributed by atoms with Gasteiger partial charge in [0.25, 0.3) is 0 Å². The van der Waals surface area contributed by atoms with Gasteiger partial charge in [-0.15, -0.1) is 0 Å². The van der Waals surface area contributed by atoms with E-state index in [1.165, 1.54) is 17.7 Å². The van der Waals surface area contributed by atoms with E-state index >= 15 is 0 Å². The number of anilines is 1. The van der Waals surface area contributed by atoms with Gasteiger partial charge in [-0.05, 0) is 48.2 Å². The van der Waals surface area contributed by atoms with Crippen LogP contribution < -0.4 is 15.0 Å². The first-order valence-electron chi connectivity index (χ1n) is 12.3. The van der Waals surface area contributed by atoms with Crippen molar-refractivity contribution < 1.29 is 13.9 Å². The van der Waals surface area contributed by atoms with Crippen molar-refractivity contribution in [1.82, 2.24) is 10.2 Å². The number of rotatable bonds is 6. The van der Waals surface area contributed by atoms with Crippen LogP contribution in [0.5, 0.6) is 5.75 Å². The summed E-state index contributed by atoms with van der Waals surface area (Å²) in [6, 6.07) is 22.9. The smallest absolute Gasteiger partial charge is 0.226 e. The SMILES string of the molecule is COc1ccc2c(c1)N1CCN(Cc3ccc(F)cc3)C[C@@H]1[C@@H](C(=O)N[C@@H](C)c1ccccc1)C2. The number of fused-ring (bicyclic) bond motifs is 3. The highest BCUT2D eigenvalue weighted by atomic mass is 19.1. The van der Waals surface area contributed by atoms with E-state index < -0.39 is 0 Å². The third kappa shape index (κ3) is 5.03. The number of amides is 1. The summed E-state index contributed by atoms with van der Waals surface area (Å²) in [5.41, 5.74) is 4.52. The Labute approximate surface area is 206 Å². The zero-order chi connectivity index (χ0) is 24.4. The Morgan fingerprint density at radius 1 is 1.09 bits per heavy atom. The number of carbonyl (C=O) groups is 1. The molecule has 1 saturated heterocycles. The maximum atomic E-state index is 13.6. The van der Waals surface area contributed by atoms with Crippen LogP contribution in [0.2, 0.25) is 0 Å². The number of carbonyl (C=O) groups excluding carboxylic acids is 1. The van der Waals surface area contributed by atoms with Crippen molar-refractivity contribution in [3.63, 3.8) is 0 Å². The van der Waals surface area contributed by atoms with Crippen LogP contribution in [0.25, 0.3) is 0 Å². The first-order valence-corrected chi connectivity index (χ1v) is 12.3. The Hall–Kier alpha value is -3.38. The van der Waals surface area contributed by atoms with Crippen LogP contribution in [-0.4, -0.2) is 43.6 Å². The summed E-state index contributed by atoms with van der Waals surface area (Å²) in [6.45, 7) is 5.24. The van der Waals surface area contributed by atoms with Gasteiger partial charge >= 0.3 is 0 Å². The Morgan fingerprint density at radius 2 is 1.86 bits per heavy atom. The van der Waals surface area contributed by atoms with E-state index in [-0.39, 0.29) is 29.7 Å². The van der Waals surface area contributed by atoms with Crippen LogP contribution in [-0.2, 0) is 17.8 Å². The molecule has 0 aliphatic carbocycles. The molecule has 2 aliphatic rings. The lowest BCUT2D eigenvalue weighted by Gasteiger charge is -2.49. The third-order valence-electron chi connectivity index (χ3n) is 7.32. The van der Waals surface area contributed by atoms with Gasteiger partial charge in [0.2, 0.25) is 5.91 Å². The summed E-state index contributed by atoms with van der Waals surface area (Å²) in [6.07, 6.45) is 0.693. The Kier molecular flexibility index (Phi) is 6.73. The molecule has 3 atom stereocenters. The second-order valence-electron chi connectivity index (χ2n) is 9.57. The van der Waals surface area contributed by atoms with E-state index in [1.807, 2.05) is 55.5 Å². The van der Waals surface area contributed by atoms with Gasteiger partial charge in [0.15, 0.2) is 0 Å². The fourth-order valence-electron chi connectivity index (χ4n) is 5.40. The average Bonchev–Trinajstić information content (AvgIpc) is 2.89. The van der Waals surface area contributed by atoms with Crippen LogP contribution in [0.4, 0.5) is 10.1 Å². The van der Waals surface area contributed by atoms with Crippen LogP contribution >= 0.6 is 0 Å². The van der Waals surface area contributed by atoms with Gasteiger partial charge in [-0.2, -0.15) is 0 Å². The largest absolute Gasteiger partial charge is 0.497 e. The molecule has 182 valence electrons. The number of hydrogen-bond donors (Lipinski definition) is 1. The van der Waals surface area contributed by atoms with Crippen molar-refractivity contribution in [1.29, 1.82) is 0 Å². The number of piperazine rings is 1. The number of nitrogens with one attached hydrogen (secondary N) is 1. The molecule has 1 amide bonds. The molecular weight excluding hydrogens is 441 g/mol. The molecule has 1 fully saturated rings. The minimum absolute atomic E-state index is 0.0479. The molecule has 5 nitrogen and oxygen atoms in total. The Balaban J connectivity index is 1.39. The third-order valence-corrected chi connectivity index (χ3v) is 7.32. The fourth-order valence-corrected chi connectivity index (χ4v) is 5.40. The molecule has 2 heterocycles. The summed E-state index contributed by atoms with van der Waals surface area (Å²) >= 11 is 0. The zero-order valence-electron chi connectivity index (χ0n) is 20.3. The minimum atomic E-state index is -0.222. The number of benzene rings is 3. The van der Waals surface area contributed by atoms with Gasteiger partial charge in [0.05, 0.1) is 25.1 Å². The highest BCUT2D eigenvalue weighted by molar-refractivity contribution is 5.82. The van der Waals surface area contributed by atoms with E-state index in [2.05, 4.69) is 27.2 Å². The quantitative estimate of drug-likeness (QED) is 0.570. The van der Waals surface area contributed by atoms with Crippen molar-refractivity contribution in [3.05, 3.63) is 95.3 Å². The van der Waals surface area contributed by atoms with Crippen molar-refractivity contribution in [2.45, 2.75) is 32.0 Å². The maximum Gasteiger partial charge on any atom is 0.226 e. The van der Waals surface area contributed by atoms with Crippen molar-refractivity contribution in [3.8, 4) is 5.75 Å². The van der Waals surface area contributed by atoms with Gasteiger partial charge in [-0.25, -0.2) is 4.39 Å². The van der Waals surface area contributed by atoms with Crippen LogP contribution in [0.3, 0.4) is 0 Å². The van der Waals surface area contributed by atoms with Crippen molar-refractivity contribution >= 4 is 11.6 Å². The molecule has 0 aromatic heterocycles. The topological polar surface area (TPSA) is 44.8 Å². The molecule has 0 bridgehead atoms. The number of methoxy groups -OCH3 is 1. The molecule has 35 heavy (non-hydrogen) atoms. The molecule has 6 heteroatoms. The number of hydrogen-bond acceptors (Lipinski definition) is 4. The van der Waals surface area contributed by atoms with E-state index in [0.29, 0.717) is 6.42 Å². The van der Waals surface area contributed by atoms with Crippen molar-refractivity contribution in [2.75, 3.05) is 31.6 Å². The first kappa shape index (κ1) is 23.4. The number of halogens is 1. The summed E-state index contributed by atoms with van der Waals surface area (Å²) < 4.78 is 18.9. The molecule has 0 radical (unpaired) electrons. The van der Waals surface area contributed by atoms with Crippen molar-refractivity contribution in [2.24, 2.45) is 5.92 Å². The number of nitrogens with zero attached hydrogens (tertiary/aromatic N) is 2. The molecule has 2 aliphatic heterocycles. The molecule has 3 aromatic rings. The average molecular weight is 474 g/mol. The Morgan fingerprint density at radius 3 is 2.60 bits per heavy atom.